The number of hydrogen-bond donors (Lipinski definition) is 1. The van der Waals surface area contributed by atoms with Gasteiger partial charge in [-0.3, -0.25) is 4.79 Å². The van der Waals surface area contributed by atoms with Crippen LogP contribution < -0.4 is 5.32 Å². The number of anilines is 1. The van der Waals surface area contributed by atoms with Gasteiger partial charge in [0.2, 0.25) is 0 Å². The van der Waals surface area contributed by atoms with Crippen molar-refractivity contribution in [1.29, 1.82) is 0 Å². The minimum atomic E-state index is -0.154. The predicted molar refractivity (Wildman–Crippen MR) is 87.5 cm³/mol. The molecule has 2 aromatic carbocycles. The summed E-state index contributed by atoms with van der Waals surface area (Å²) in [7, 11) is 0. The Kier molecular flexibility index (Phi) is 4.84. The molecular weight excluding hydrogens is 338 g/mol. The molecule has 1 N–H and O–H groups in total. The topological polar surface area (TPSA) is 29.1 Å². The Morgan fingerprint density at radius 3 is 2.60 bits per heavy atom. The zero-order valence-corrected chi connectivity index (χ0v) is 13.6. The van der Waals surface area contributed by atoms with E-state index in [0.717, 1.165) is 21.3 Å². The maximum Gasteiger partial charge on any atom is 0.255 e. The molecule has 2 aromatic rings. The number of rotatable bonds is 3. The van der Waals surface area contributed by atoms with Gasteiger partial charge in [-0.05, 0) is 49.2 Å². The first-order chi connectivity index (χ1) is 9.49. The van der Waals surface area contributed by atoms with Crippen molar-refractivity contribution in [3.8, 4) is 0 Å². The molecule has 0 saturated heterocycles. The molecule has 1 amide bonds. The SMILES string of the molecule is Cc1cc(C(=O)Nc2ccccc2C(C)Cl)ccc1Br. The molecule has 2 nitrogen and oxygen atoms in total. The fourth-order valence-electron chi connectivity index (χ4n) is 1.94. The number of halogens is 2. The van der Waals surface area contributed by atoms with E-state index < -0.39 is 0 Å². The molecule has 0 radical (unpaired) electrons. The minimum Gasteiger partial charge on any atom is -0.322 e. The van der Waals surface area contributed by atoms with E-state index in [1.165, 1.54) is 0 Å². The lowest BCUT2D eigenvalue weighted by atomic mass is 10.1. The highest BCUT2D eigenvalue weighted by molar-refractivity contribution is 9.10. The Labute approximate surface area is 132 Å². The van der Waals surface area contributed by atoms with Crippen LogP contribution in [-0.2, 0) is 0 Å². The summed E-state index contributed by atoms with van der Waals surface area (Å²) in [6.07, 6.45) is 0. The van der Waals surface area contributed by atoms with Gasteiger partial charge in [0, 0.05) is 15.7 Å². The van der Waals surface area contributed by atoms with E-state index in [2.05, 4.69) is 21.2 Å². The van der Waals surface area contributed by atoms with Gasteiger partial charge < -0.3 is 5.32 Å². The van der Waals surface area contributed by atoms with Crippen molar-refractivity contribution >= 4 is 39.1 Å². The second-order valence-electron chi connectivity index (χ2n) is 4.62. The average molecular weight is 353 g/mol. The first kappa shape index (κ1) is 15.1. The van der Waals surface area contributed by atoms with Crippen LogP contribution in [0.25, 0.3) is 0 Å². The van der Waals surface area contributed by atoms with Gasteiger partial charge in [-0.2, -0.15) is 0 Å². The van der Waals surface area contributed by atoms with Crippen molar-refractivity contribution in [3.05, 3.63) is 63.6 Å². The van der Waals surface area contributed by atoms with E-state index >= 15 is 0 Å². The van der Waals surface area contributed by atoms with Crippen molar-refractivity contribution in [3.63, 3.8) is 0 Å². The number of aryl methyl sites for hydroxylation is 1. The van der Waals surface area contributed by atoms with Gasteiger partial charge in [0.25, 0.3) is 5.91 Å². The Hall–Kier alpha value is -1.32. The third kappa shape index (κ3) is 3.41. The molecule has 4 heteroatoms. The van der Waals surface area contributed by atoms with Crippen LogP contribution in [0, 0.1) is 6.92 Å². The van der Waals surface area contributed by atoms with E-state index in [4.69, 9.17) is 11.6 Å². The van der Waals surface area contributed by atoms with Gasteiger partial charge in [-0.15, -0.1) is 11.6 Å². The Bertz CT molecular complexity index is 640. The number of benzene rings is 2. The quantitative estimate of drug-likeness (QED) is 0.745. The van der Waals surface area contributed by atoms with E-state index in [0.29, 0.717) is 5.56 Å². The Balaban J connectivity index is 2.26. The average Bonchev–Trinajstić information content (AvgIpc) is 2.42. The van der Waals surface area contributed by atoms with Gasteiger partial charge in [-0.25, -0.2) is 0 Å². The number of nitrogens with one attached hydrogen (secondary N) is 1. The third-order valence-electron chi connectivity index (χ3n) is 3.06. The number of alkyl halides is 1. The highest BCUT2D eigenvalue weighted by Gasteiger charge is 2.12. The summed E-state index contributed by atoms with van der Waals surface area (Å²) in [6, 6.07) is 13.1. The summed E-state index contributed by atoms with van der Waals surface area (Å²) in [4.78, 5) is 12.3. The van der Waals surface area contributed by atoms with Crippen molar-refractivity contribution in [2.75, 3.05) is 5.32 Å². The number of amides is 1. The molecule has 0 heterocycles. The molecule has 0 aliphatic heterocycles. The number of carbonyl (C=O) groups is 1. The zero-order chi connectivity index (χ0) is 14.7. The fraction of sp³-hybridized carbons (Fsp3) is 0.188. The molecule has 0 bridgehead atoms. The van der Waals surface area contributed by atoms with Gasteiger partial charge in [-0.1, -0.05) is 34.1 Å². The molecule has 0 aliphatic rings. The third-order valence-corrected chi connectivity index (χ3v) is 4.18. The highest BCUT2D eigenvalue weighted by atomic mass is 79.9. The zero-order valence-electron chi connectivity index (χ0n) is 11.3. The van der Waals surface area contributed by atoms with Crippen LogP contribution in [-0.4, -0.2) is 5.91 Å². The lowest BCUT2D eigenvalue weighted by Gasteiger charge is -2.13. The van der Waals surface area contributed by atoms with Crippen molar-refractivity contribution in [1.82, 2.24) is 0 Å². The molecule has 0 spiro atoms. The Morgan fingerprint density at radius 1 is 1.25 bits per heavy atom. The minimum absolute atomic E-state index is 0.134. The maximum absolute atomic E-state index is 12.3. The van der Waals surface area contributed by atoms with Crippen LogP contribution in [0.1, 0.15) is 33.8 Å². The first-order valence-corrected chi connectivity index (χ1v) is 7.52. The molecule has 0 saturated carbocycles. The lowest BCUT2D eigenvalue weighted by molar-refractivity contribution is 0.102. The van der Waals surface area contributed by atoms with Gasteiger partial charge in [0.1, 0.15) is 0 Å². The van der Waals surface area contributed by atoms with Crippen LogP contribution in [0.15, 0.2) is 46.9 Å². The summed E-state index contributed by atoms with van der Waals surface area (Å²) in [5, 5.41) is 2.76. The molecule has 0 fully saturated rings. The van der Waals surface area contributed by atoms with Crippen LogP contribution in [0.5, 0.6) is 0 Å². The molecule has 2 rings (SSSR count). The van der Waals surface area contributed by atoms with E-state index in [1.807, 2.05) is 50.2 Å². The van der Waals surface area contributed by atoms with Gasteiger partial charge in [0.05, 0.1) is 5.38 Å². The number of carbonyl (C=O) groups excluding carboxylic acids is 1. The molecule has 104 valence electrons. The fourth-order valence-corrected chi connectivity index (χ4v) is 2.38. The van der Waals surface area contributed by atoms with Crippen molar-refractivity contribution in [2.45, 2.75) is 19.2 Å². The van der Waals surface area contributed by atoms with E-state index in [1.54, 1.807) is 6.07 Å². The summed E-state index contributed by atoms with van der Waals surface area (Å²) in [6.45, 7) is 3.84. The number of para-hydroxylation sites is 1. The molecule has 1 atom stereocenters. The van der Waals surface area contributed by atoms with Crippen LogP contribution in [0.3, 0.4) is 0 Å². The van der Waals surface area contributed by atoms with Gasteiger partial charge >= 0.3 is 0 Å². The second kappa shape index (κ2) is 6.42. The van der Waals surface area contributed by atoms with Crippen molar-refractivity contribution < 1.29 is 4.79 Å². The van der Waals surface area contributed by atoms with Gasteiger partial charge in [0.15, 0.2) is 0 Å². The second-order valence-corrected chi connectivity index (χ2v) is 6.13. The lowest BCUT2D eigenvalue weighted by Crippen LogP contribution is -2.13. The number of hydrogen-bond acceptors (Lipinski definition) is 1. The monoisotopic (exact) mass is 351 g/mol. The molecule has 20 heavy (non-hydrogen) atoms. The maximum atomic E-state index is 12.3. The van der Waals surface area contributed by atoms with Crippen LogP contribution in [0.2, 0.25) is 0 Å². The van der Waals surface area contributed by atoms with Crippen LogP contribution >= 0.6 is 27.5 Å². The summed E-state index contributed by atoms with van der Waals surface area (Å²) in [5.74, 6) is -0.134. The normalized spacial score (nSPS) is 12.0. The predicted octanol–water partition coefficient (Wildman–Crippen LogP) is 5.31. The highest BCUT2D eigenvalue weighted by Crippen LogP contribution is 2.27. The molecule has 0 aromatic heterocycles. The van der Waals surface area contributed by atoms with Crippen molar-refractivity contribution in [2.24, 2.45) is 0 Å². The molecular formula is C16H15BrClNO. The standard InChI is InChI=1S/C16H15BrClNO/c1-10-9-12(7-8-14(10)17)16(20)19-15-6-4-3-5-13(15)11(2)18/h3-9,11H,1-2H3,(H,19,20). The largest absolute Gasteiger partial charge is 0.322 e. The summed E-state index contributed by atoms with van der Waals surface area (Å²) >= 11 is 9.55. The summed E-state index contributed by atoms with van der Waals surface area (Å²) < 4.78 is 0.990. The molecule has 1 unspecified atom stereocenters. The summed E-state index contributed by atoms with van der Waals surface area (Å²) in [5.41, 5.74) is 3.32. The smallest absolute Gasteiger partial charge is 0.255 e. The Morgan fingerprint density at radius 2 is 1.95 bits per heavy atom. The molecule has 0 aliphatic carbocycles. The van der Waals surface area contributed by atoms with E-state index in [-0.39, 0.29) is 11.3 Å². The first-order valence-electron chi connectivity index (χ1n) is 6.29. The van der Waals surface area contributed by atoms with Crippen LogP contribution in [0.4, 0.5) is 5.69 Å². The van der Waals surface area contributed by atoms with E-state index in [9.17, 15) is 4.79 Å².